The number of aldehydes is 1. The number of carbonyl (C=O) groups is 1. The molecule has 2 aliphatic rings. The normalized spacial score (nSPS) is 17.8. The standard InChI is InChI=1S/C36H48ClN3OSi.C20H23NO.C15H24ClN3Si.HI/c1-25(2)42(26(3)4,27(5)6)40-20-19-32-34(33(37)22-38-36(32)40)35(41)30-17-18-31(21-30)39(23-28-13-9-7-10-14-28)24-29-15-11-8-12-16-29;22-16-19-11-12-20(13-19)21(14-17-7-3-1-4-8-17)15-18-9-5-2-6-10-18;1-10(2)20(11(3)4,12(5)6)19-8-7-13-15(19)17-9-14(16)18-13;/h7-16,19-20,22,25-27,30-31,35,41H,17-18,21,23-24H2,1-6H3;1-10,16,19-20H,11-15H2;7-12H,1-6H3;1H/t30?,31-,35?;19?,20-;;/m11../s1. The number of halogens is 3. The first-order chi connectivity index (χ1) is 40.3. The van der Waals surface area contributed by atoms with Crippen molar-refractivity contribution in [2.75, 3.05) is 0 Å². The summed E-state index contributed by atoms with van der Waals surface area (Å²) in [5.41, 5.74) is 12.8. The molecule has 3 unspecified atom stereocenters. The molecule has 8 aromatic rings. The van der Waals surface area contributed by atoms with Gasteiger partial charge in [-0.25, -0.2) is 9.97 Å². The van der Waals surface area contributed by atoms with E-state index in [0.29, 0.717) is 55.5 Å². The molecule has 10 rings (SSSR count). The Kier molecular flexibility index (Phi) is 24.9. The minimum atomic E-state index is -2.00. The Balaban J connectivity index is 0.000000202. The summed E-state index contributed by atoms with van der Waals surface area (Å²) in [6.45, 7) is 32.1. The second-order valence-electron chi connectivity index (χ2n) is 26.1. The Hall–Kier alpha value is -4.52. The molecule has 456 valence electrons. The molecule has 0 aliphatic heterocycles. The van der Waals surface area contributed by atoms with E-state index >= 15 is 0 Å². The molecule has 0 bridgehead atoms. The number of rotatable bonds is 21. The molecule has 2 aliphatic carbocycles. The average Bonchev–Trinajstić information content (AvgIpc) is 2.02. The number of hydrogen-bond acceptors (Lipinski definition) is 6. The maximum atomic E-state index is 12.0. The zero-order chi connectivity index (χ0) is 60.3. The number of benzene rings is 4. The topological polar surface area (TPSA) is 93.6 Å². The molecule has 2 saturated carbocycles. The van der Waals surface area contributed by atoms with Crippen LogP contribution in [0.4, 0.5) is 0 Å². The number of hydrogen-bond donors (Lipinski definition) is 1. The Morgan fingerprint density at radius 2 is 0.929 bits per heavy atom. The van der Waals surface area contributed by atoms with Crippen LogP contribution in [0.3, 0.4) is 0 Å². The van der Waals surface area contributed by atoms with Gasteiger partial charge in [0.1, 0.15) is 18.1 Å². The van der Waals surface area contributed by atoms with E-state index in [1.54, 1.807) is 12.4 Å². The van der Waals surface area contributed by atoms with E-state index in [1.807, 2.05) is 0 Å². The number of aromatic nitrogens is 5. The second-order valence-corrected chi connectivity index (χ2v) is 38.3. The lowest BCUT2D eigenvalue weighted by Gasteiger charge is -2.44. The summed E-state index contributed by atoms with van der Waals surface area (Å²) in [6.07, 6.45) is 14.6. The van der Waals surface area contributed by atoms with Crippen molar-refractivity contribution >= 4 is 68.2 Å². The molecule has 0 amide bonds. The van der Waals surface area contributed by atoms with Gasteiger partial charge in [0.2, 0.25) is 5.52 Å². The number of nitrogens with one attached hydrogen (secondary N) is 1. The van der Waals surface area contributed by atoms with Crippen molar-refractivity contribution in [2.45, 2.75) is 199 Å². The number of aliphatic hydroxyl groups is 1. The highest BCUT2D eigenvalue weighted by atomic mass is 127. The Morgan fingerprint density at radius 3 is 1.34 bits per heavy atom. The van der Waals surface area contributed by atoms with Crippen molar-refractivity contribution in [3.63, 3.8) is 0 Å². The van der Waals surface area contributed by atoms with Crippen molar-refractivity contribution < 1.29 is 38.9 Å². The minimum Gasteiger partial charge on any atom is -1.00 e. The van der Waals surface area contributed by atoms with E-state index < -0.39 is 22.6 Å². The highest BCUT2D eigenvalue weighted by molar-refractivity contribution is 6.83. The molecular weight excluding hydrogens is 1240 g/mol. The monoisotopic (exact) mass is 1330 g/mol. The van der Waals surface area contributed by atoms with Gasteiger partial charge in [-0.1, -0.05) is 216 Å². The molecule has 85 heavy (non-hydrogen) atoms. The SMILES string of the molecule is CC(C)[Si](C(C)C)(C(C)C)n1ccc2[nH+]c(Cl)cnc21.CC(C)[Si](C(C)C)(C(C)C)n1ccc2c(C(O)C3CC[C@@H](N(Cc4ccccc4)Cc4ccccc4)C3)c(Cl)cnc21.O=CC1CC[C@@H](N(Cc2ccccc2)Cc2ccccc2)C1.[I-]. The fraction of sp³-hybridized carbons (Fsp3) is 0.465. The number of aromatic amines is 1. The van der Waals surface area contributed by atoms with Gasteiger partial charge in [0.05, 0.1) is 11.1 Å². The van der Waals surface area contributed by atoms with Gasteiger partial charge in [0.25, 0.3) is 5.15 Å². The van der Waals surface area contributed by atoms with Crippen LogP contribution in [0.1, 0.15) is 156 Å². The summed E-state index contributed by atoms with van der Waals surface area (Å²) in [4.78, 5) is 28.9. The van der Waals surface area contributed by atoms with Gasteiger partial charge >= 0.3 is 0 Å². The van der Waals surface area contributed by atoms with Crippen LogP contribution in [0.15, 0.2) is 158 Å². The molecule has 4 aromatic carbocycles. The number of nitrogens with zero attached hydrogens (tertiary/aromatic N) is 6. The van der Waals surface area contributed by atoms with E-state index in [9.17, 15) is 9.90 Å². The van der Waals surface area contributed by atoms with Gasteiger partial charge in [-0.2, -0.15) is 4.98 Å². The Bertz CT molecular complexity index is 3180. The maximum Gasteiger partial charge on any atom is 0.292 e. The molecule has 0 saturated heterocycles. The van der Waals surface area contributed by atoms with Crippen LogP contribution in [-0.4, -0.2) is 68.2 Å². The Labute approximate surface area is 538 Å². The van der Waals surface area contributed by atoms with Gasteiger partial charge < -0.3 is 42.3 Å². The molecule has 5 atom stereocenters. The minimum absolute atomic E-state index is 0. The van der Waals surface area contributed by atoms with Gasteiger partial charge in [-0.3, -0.25) is 9.80 Å². The fourth-order valence-corrected chi connectivity index (χ4v) is 29.3. The average molecular weight is 1330 g/mol. The first kappa shape index (κ1) is 68.0. The van der Waals surface area contributed by atoms with Crippen molar-refractivity contribution in [3.8, 4) is 0 Å². The zero-order valence-corrected chi connectivity index (χ0v) is 58.4. The summed E-state index contributed by atoms with van der Waals surface area (Å²) in [5.74, 6) is 0.400. The van der Waals surface area contributed by atoms with Gasteiger partial charge in [0, 0.05) is 73.6 Å². The van der Waals surface area contributed by atoms with Crippen molar-refractivity contribution in [1.82, 2.24) is 28.2 Å². The lowest BCUT2D eigenvalue weighted by molar-refractivity contribution is -0.342. The number of fused-ring (bicyclic) bond motifs is 2. The van der Waals surface area contributed by atoms with Crippen LogP contribution in [0.5, 0.6) is 0 Å². The molecule has 2 fully saturated rings. The number of pyridine rings is 1. The molecule has 9 nitrogen and oxygen atoms in total. The van der Waals surface area contributed by atoms with Gasteiger partial charge in [-0.05, 0) is 124 Å². The fourth-order valence-electron chi connectivity index (χ4n) is 15.8. The van der Waals surface area contributed by atoms with Crippen LogP contribution < -0.4 is 29.0 Å². The van der Waals surface area contributed by atoms with Crippen molar-refractivity contribution in [2.24, 2.45) is 11.8 Å². The highest BCUT2D eigenvalue weighted by Gasteiger charge is 2.48. The summed E-state index contributed by atoms with van der Waals surface area (Å²) in [5, 5.41) is 14.2. The van der Waals surface area contributed by atoms with Crippen molar-refractivity contribution in [3.05, 3.63) is 196 Å². The lowest BCUT2D eigenvalue weighted by Crippen LogP contribution is -3.00. The number of carbonyl (C=O) groups excluding carboxylic acids is 1. The molecule has 14 heteroatoms. The quantitative estimate of drug-likeness (QED) is 0.0438. The third-order valence-electron chi connectivity index (χ3n) is 19.3. The molecule has 4 heterocycles. The molecule has 4 aromatic heterocycles. The predicted molar refractivity (Wildman–Crippen MR) is 356 cm³/mol. The third-order valence-corrected chi connectivity index (χ3v) is 33.3. The van der Waals surface area contributed by atoms with Gasteiger partial charge in [0.15, 0.2) is 22.1 Å². The molecular formula is C71H96Cl2IN7O2Si2. The van der Waals surface area contributed by atoms with Crippen LogP contribution in [0.25, 0.3) is 22.2 Å². The number of aliphatic hydroxyl groups excluding tert-OH is 1. The molecule has 0 spiro atoms. The summed E-state index contributed by atoms with van der Waals surface area (Å²) in [6, 6.07) is 47.9. The van der Waals surface area contributed by atoms with E-state index in [2.05, 4.69) is 257 Å². The highest BCUT2D eigenvalue weighted by Crippen LogP contribution is 2.48. The van der Waals surface area contributed by atoms with E-state index in [1.165, 1.54) is 22.3 Å². The largest absolute Gasteiger partial charge is 1.00 e. The number of H-pyrrole nitrogens is 1. The summed E-state index contributed by atoms with van der Waals surface area (Å²) < 4.78 is 5.00. The van der Waals surface area contributed by atoms with Crippen LogP contribution in [-0.2, 0) is 31.0 Å². The Morgan fingerprint density at radius 1 is 0.541 bits per heavy atom. The second kappa shape index (κ2) is 31.1. The van der Waals surface area contributed by atoms with Crippen LogP contribution >= 0.6 is 23.2 Å². The summed E-state index contributed by atoms with van der Waals surface area (Å²) >= 11 is 12.9. The first-order valence-corrected chi connectivity index (χ1v) is 36.4. The van der Waals surface area contributed by atoms with E-state index in [-0.39, 0.29) is 35.8 Å². The smallest absolute Gasteiger partial charge is 0.292 e. The first-order valence-electron chi connectivity index (χ1n) is 31.3. The molecule has 0 radical (unpaired) electrons. The van der Waals surface area contributed by atoms with Crippen LogP contribution in [0.2, 0.25) is 43.4 Å². The van der Waals surface area contributed by atoms with Gasteiger partial charge in [-0.15, -0.1) is 0 Å². The predicted octanol–water partition coefficient (Wildman–Crippen LogP) is 15.2. The maximum absolute atomic E-state index is 12.0. The summed E-state index contributed by atoms with van der Waals surface area (Å²) in [7, 11) is -3.74. The van der Waals surface area contributed by atoms with Crippen molar-refractivity contribution in [1.29, 1.82) is 0 Å². The van der Waals surface area contributed by atoms with Crippen LogP contribution in [0, 0.1) is 11.8 Å². The van der Waals surface area contributed by atoms with E-state index in [0.717, 1.165) is 98.8 Å². The molecule has 2 N–H and O–H groups in total. The lowest BCUT2D eigenvalue weighted by atomic mass is 9.93. The van der Waals surface area contributed by atoms with E-state index in [4.69, 9.17) is 28.2 Å². The zero-order valence-electron chi connectivity index (χ0n) is 52.7. The third kappa shape index (κ3) is 15.5.